The van der Waals surface area contributed by atoms with Gasteiger partial charge in [0.25, 0.3) is 0 Å². The second-order valence-electron chi connectivity index (χ2n) is 5.95. The fourth-order valence-electron chi connectivity index (χ4n) is 3.04. The fourth-order valence-corrected chi connectivity index (χ4v) is 3.74. The van der Waals surface area contributed by atoms with Crippen molar-refractivity contribution in [1.82, 2.24) is 19.5 Å². The standard InChI is InChI=1S/C20H14N4S/c1-13-6-4-7-14(12-13)24-19(17-10-5-11-25-17)23-18-20(24)22-16-9-3-2-8-15(16)21-18/h2-12H,1H3. The van der Waals surface area contributed by atoms with Crippen molar-refractivity contribution in [2.75, 3.05) is 0 Å². The molecule has 5 heteroatoms. The third-order valence-corrected chi connectivity index (χ3v) is 5.04. The molecule has 0 aliphatic carbocycles. The van der Waals surface area contributed by atoms with Gasteiger partial charge in [-0.3, -0.25) is 4.57 Å². The Hall–Kier alpha value is -3.05. The lowest BCUT2D eigenvalue weighted by atomic mass is 10.2. The third kappa shape index (κ3) is 2.32. The molecule has 5 aromatic rings. The quantitative estimate of drug-likeness (QED) is 0.453. The normalized spacial score (nSPS) is 11.4. The van der Waals surface area contributed by atoms with Gasteiger partial charge < -0.3 is 0 Å². The van der Waals surface area contributed by atoms with Crippen molar-refractivity contribution in [2.45, 2.75) is 6.92 Å². The maximum Gasteiger partial charge on any atom is 0.199 e. The SMILES string of the molecule is Cc1cccc(-n2c(-c3cccs3)nc3nc4ccccc4nc32)c1. The van der Waals surface area contributed by atoms with E-state index in [0.717, 1.165) is 33.1 Å². The molecule has 0 aliphatic heterocycles. The van der Waals surface area contributed by atoms with Crippen molar-refractivity contribution in [1.29, 1.82) is 0 Å². The summed E-state index contributed by atoms with van der Waals surface area (Å²) in [5.41, 5.74) is 5.44. The Morgan fingerprint density at radius 3 is 2.44 bits per heavy atom. The molecule has 0 saturated carbocycles. The van der Waals surface area contributed by atoms with Crippen LogP contribution in [-0.2, 0) is 0 Å². The lowest BCUT2D eigenvalue weighted by Gasteiger charge is -2.08. The number of aromatic nitrogens is 4. The van der Waals surface area contributed by atoms with E-state index < -0.39 is 0 Å². The van der Waals surface area contributed by atoms with Crippen LogP contribution in [0.3, 0.4) is 0 Å². The highest BCUT2D eigenvalue weighted by atomic mass is 32.1. The van der Waals surface area contributed by atoms with Crippen LogP contribution >= 0.6 is 11.3 Å². The lowest BCUT2D eigenvalue weighted by molar-refractivity contribution is 1.08. The van der Waals surface area contributed by atoms with E-state index in [0.29, 0.717) is 5.65 Å². The van der Waals surface area contributed by atoms with E-state index in [2.05, 4.69) is 47.2 Å². The first kappa shape index (κ1) is 14.3. The van der Waals surface area contributed by atoms with Crippen LogP contribution in [0.4, 0.5) is 0 Å². The summed E-state index contributed by atoms with van der Waals surface area (Å²) in [6.07, 6.45) is 0. The van der Waals surface area contributed by atoms with Gasteiger partial charge in [0.2, 0.25) is 0 Å². The largest absolute Gasteiger partial charge is 0.275 e. The molecule has 25 heavy (non-hydrogen) atoms. The zero-order chi connectivity index (χ0) is 16.8. The maximum atomic E-state index is 4.86. The van der Waals surface area contributed by atoms with Gasteiger partial charge in [-0.1, -0.05) is 30.3 Å². The van der Waals surface area contributed by atoms with Crippen molar-refractivity contribution < 1.29 is 0 Å². The molecule has 4 nitrogen and oxygen atoms in total. The van der Waals surface area contributed by atoms with Crippen molar-refractivity contribution in [3.05, 3.63) is 71.6 Å². The number of hydrogen-bond donors (Lipinski definition) is 0. The van der Waals surface area contributed by atoms with Crippen molar-refractivity contribution in [2.24, 2.45) is 0 Å². The Morgan fingerprint density at radius 2 is 1.68 bits per heavy atom. The van der Waals surface area contributed by atoms with Gasteiger partial charge in [-0.2, -0.15) is 0 Å². The van der Waals surface area contributed by atoms with Crippen LogP contribution in [0, 0.1) is 6.92 Å². The van der Waals surface area contributed by atoms with Gasteiger partial charge in [0.1, 0.15) is 0 Å². The molecule has 0 atom stereocenters. The van der Waals surface area contributed by atoms with Gasteiger partial charge in [-0.25, -0.2) is 15.0 Å². The summed E-state index contributed by atoms with van der Waals surface area (Å²) < 4.78 is 2.10. The zero-order valence-corrected chi connectivity index (χ0v) is 14.4. The minimum Gasteiger partial charge on any atom is -0.275 e. The van der Waals surface area contributed by atoms with E-state index in [9.17, 15) is 0 Å². The monoisotopic (exact) mass is 342 g/mol. The van der Waals surface area contributed by atoms with Gasteiger partial charge in [0.15, 0.2) is 17.1 Å². The lowest BCUT2D eigenvalue weighted by Crippen LogP contribution is -1.98. The minimum absolute atomic E-state index is 0.670. The van der Waals surface area contributed by atoms with Gasteiger partial charge in [0.05, 0.1) is 15.9 Å². The number of nitrogens with zero attached hydrogens (tertiary/aromatic N) is 4. The molecular formula is C20H14N4S. The number of hydrogen-bond acceptors (Lipinski definition) is 4. The zero-order valence-electron chi connectivity index (χ0n) is 13.5. The first-order chi connectivity index (χ1) is 12.3. The molecule has 0 saturated heterocycles. The van der Waals surface area contributed by atoms with Crippen LogP contribution in [0.2, 0.25) is 0 Å². The molecule has 5 rings (SSSR count). The van der Waals surface area contributed by atoms with Crippen molar-refractivity contribution in [3.63, 3.8) is 0 Å². The molecule has 2 aromatic carbocycles. The van der Waals surface area contributed by atoms with Crippen LogP contribution in [0.25, 0.3) is 38.7 Å². The van der Waals surface area contributed by atoms with Crippen molar-refractivity contribution >= 4 is 33.7 Å². The van der Waals surface area contributed by atoms with Gasteiger partial charge >= 0.3 is 0 Å². The molecule has 0 bridgehead atoms. The average Bonchev–Trinajstić information content (AvgIpc) is 3.27. The molecule has 0 N–H and O–H groups in total. The van der Waals surface area contributed by atoms with E-state index in [1.165, 1.54) is 5.56 Å². The second-order valence-corrected chi connectivity index (χ2v) is 6.89. The van der Waals surface area contributed by atoms with Crippen LogP contribution in [0.15, 0.2) is 66.0 Å². The van der Waals surface area contributed by atoms with Crippen LogP contribution in [0.5, 0.6) is 0 Å². The van der Waals surface area contributed by atoms with E-state index >= 15 is 0 Å². The highest BCUT2D eigenvalue weighted by molar-refractivity contribution is 7.13. The molecule has 0 aliphatic rings. The van der Waals surface area contributed by atoms with Gasteiger partial charge in [-0.15, -0.1) is 11.3 Å². The first-order valence-electron chi connectivity index (χ1n) is 8.06. The predicted octanol–water partition coefficient (Wildman–Crippen LogP) is 5.01. The number of aryl methyl sites for hydroxylation is 1. The second kappa shape index (κ2) is 5.50. The smallest absolute Gasteiger partial charge is 0.199 e. The molecule has 0 amide bonds. The van der Waals surface area contributed by atoms with Gasteiger partial charge in [0, 0.05) is 5.69 Å². The topological polar surface area (TPSA) is 43.6 Å². The molecule has 0 spiro atoms. The molecule has 0 fully saturated rings. The molecular weight excluding hydrogens is 328 g/mol. The van der Waals surface area contributed by atoms with Gasteiger partial charge in [-0.05, 0) is 48.2 Å². The van der Waals surface area contributed by atoms with E-state index in [1.807, 2.05) is 30.3 Å². The Balaban J connectivity index is 1.91. The summed E-state index contributed by atoms with van der Waals surface area (Å²) in [6, 6.07) is 20.4. The number of imidazole rings is 1. The van der Waals surface area contributed by atoms with E-state index in [1.54, 1.807) is 11.3 Å². The summed E-state index contributed by atoms with van der Waals surface area (Å²) in [5.74, 6) is 0.880. The molecule has 3 heterocycles. The molecule has 3 aromatic heterocycles. The number of para-hydroxylation sites is 2. The minimum atomic E-state index is 0.670. The summed E-state index contributed by atoms with van der Waals surface area (Å²) in [4.78, 5) is 15.5. The van der Waals surface area contributed by atoms with E-state index in [-0.39, 0.29) is 0 Å². The number of benzene rings is 2. The third-order valence-electron chi connectivity index (χ3n) is 4.17. The molecule has 120 valence electrons. The summed E-state index contributed by atoms with van der Waals surface area (Å²) in [6.45, 7) is 2.09. The Morgan fingerprint density at radius 1 is 0.840 bits per heavy atom. The highest BCUT2D eigenvalue weighted by Crippen LogP contribution is 2.30. The molecule has 0 radical (unpaired) electrons. The maximum absolute atomic E-state index is 4.86. The highest BCUT2D eigenvalue weighted by Gasteiger charge is 2.18. The fraction of sp³-hybridized carbons (Fsp3) is 0.0500. The summed E-state index contributed by atoms with van der Waals surface area (Å²) in [7, 11) is 0. The van der Waals surface area contributed by atoms with Crippen molar-refractivity contribution in [3.8, 4) is 16.4 Å². The average molecular weight is 342 g/mol. The van der Waals surface area contributed by atoms with E-state index in [4.69, 9.17) is 15.0 Å². The van der Waals surface area contributed by atoms with Crippen LogP contribution in [-0.4, -0.2) is 19.5 Å². The summed E-state index contributed by atoms with van der Waals surface area (Å²) in [5, 5.41) is 2.06. The number of fused-ring (bicyclic) bond motifs is 2. The van der Waals surface area contributed by atoms with Crippen LogP contribution in [0.1, 0.15) is 5.56 Å². The molecule has 0 unspecified atom stereocenters. The Bertz CT molecular complexity index is 1210. The first-order valence-corrected chi connectivity index (χ1v) is 8.94. The predicted molar refractivity (Wildman–Crippen MR) is 102 cm³/mol. The number of rotatable bonds is 2. The Kier molecular flexibility index (Phi) is 3.15. The summed E-state index contributed by atoms with van der Waals surface area (Å²) >= 11 is 1.67. The Labute approximate surface area is 148 Å². The number of thiophene rings is 1. The van der Waals surface area contributed by atoms with Crippen LogP contribution < -0.4 is 0 Å².